The van der Waals surface area contributed by atoms with Crippen molar-refractivity contribution in [3.63, 3.8) is 0 Å². The van der Waals surface area contributed by atoms with Crippen LogP contribution in [0.4, 0.5) is 11.6 Å². The summed E-state index contributed by atoms with van der Waals surface area (Å²) in [6.45, 7) is 4.55. The first kappa shape index (κ1) is 15.6. The van der Waals surface area contributed by atoms with Crippen molar-refractivity contribution < 1.29 is 9.15 Å². The van der Waals surface area contributed by atoms with Crippen LogP contribution >= 0.6 is 0 Å². The predicted octanol–water partition coefficient (Wildman–Crippen LogP) is 4.66. The average Bonchev–Trinajstić information content (AvgIpc) is 3.00. The van der Waals surface area contributed by atoms with Crippen LogP contribution in [0.3, 0.4) is 0 Å². The van der Waals surface area contributed by atoms with Crippen LogP contribution in [-0.4, -0.2) is 11.6 Å². The first-order valence-electron chi connectivity index (χ1n) is 7.67. The largest absolute Gasteiger partial charge is 0.494 e. The van der Waals surface area contributed by atoms with E-state index in [0.717, 1.165) is 22.6 Å². The number of aryl methyl sites for hydroxylation is 1. The van der Waals surface area contributed by atoms with Gasteiger partial charge in [-0.2, -0.15) is 10.2 Å². The molecule has 1 aromatic heterocycles. The van der Waals surface area contributed by atoms with Crippen LogP contribution in [0.15, 0.2) is 52.9 Å². The molecule has 0 unspecified atom stereocenters. The molecule has 0 bridgehead atoms. The zero-order valence-corrected chi connectivity index (χ0v) is 13.5. The zero-order valence-electron chi connectivity index (χ0n) is 13.5. The standard InChI is InChI=1S/C19H17N3O2/c1-3-23-16-9-7-15(8-10-16)21-19-17(12-20)22-18(24-19)14-6-4-5-13(2)11-14/h4-11,21H,3H2,1-2H3. The van der Waals surface area contributed by atoms with E-state index in [9.17, 15) is 5.26 Å². The molecule has 0 aliphatic rings. The third kappa shape index (κ3) is 3.39. The summed E-state index contributed by atoms with van der Waals surface area (Å²) in [5, 5.41) is 12.4. The molecule has 1 N–H and O–H groups in total. The van der Waals surface area contributed by atoms with Gasteiger partial charge in [0.1, 0.15) is 11.8 Å². The van der Waals surface area contributed by atoms with E-state index in [4.69, 9.17) is 9.15 Å². The Labute approximate surface area is 140 Å². The Balaban J connectivity index is 1.87. The lowest BCUT2D eigenvalue weighted by atomic mass is 10.1. The summed E-state index contributed by atoms with van der Waals surface area (Å²) in [5.41, 5.74) is 2.96. The predicted molar refractivity (Wildman–Crippen MR) is 92.3 cm³/mol. The minimum Gasteiger partial charge on any atom is -0.494 e. The van der Waals surface area contributed by atoms with Crippen LogP contribution in [0.2, 0.25) is 0 Å². The fourth-order valence-corrected chi connectivity index (χ4v) is 2.31. The van der Waals surface area contributed by atoms with E-state index in [1.54, 1.807) is 0 Å². The SMILES string of the molecule is CCOc1ccc(Nc2oc(-c3cccc(C)c3)nc2C#N)cc1. The summed E-state index contributed by atoms with van der Waals surface area (Å²) in [7, 11) is 0. The number of nitrogens with zero attached hydrogens (tertiary/aromatic N) is 2. The third-order valence-electron chi connectivity index (χ3n) is 3.42. The normalized spacial score (nSPS) is 10.2. The van der Waals surface area contributed by atoms with Crippen LogP contribution in [-0.2, 0) is 0 Å². The van der Waals surface area contributed by atoms with Gasteiger partial charge in [0.15, 0.2) is 0 Å². The van der Waals surface area contributed by atoms with Crippen molar-refractivity contribution in [3.8, 4) is 23.3 Å². The van der Waals surface area contributed by atoms with Gasteiger partial charge < -0.3 is 14.5 Å². The molecule has 0 saturated heterocycles. The quantitative estimate of drug-likeness (QED) is 0.740. The minimum absolute atomic E-state index is 0.223. The van der Waals surface area contributed by atoms with Gasteiger partial charge in [-0.15, -0.1) is 0 Å². The smallest absolute Gasteiger partial charge is 0.236 e. The fourth-order valence-electron chi connectivity index (χ4n) is 2.31. The number of aromatic nitrogens is 1. The maximum Gasteiger partial charge on any atom is 0.236 e. The lowest BCUT2D eigenvalue weighted by Gasteiger charge is -2.05. The van der Waals surface area contributed by atoms with Gasteiger partial charge in [0.2, 0.25) is 17.5 Å². The van der Waals surface area contributed by atoms with Gasteiger partial charge in [-0.05, 0) is 50.2 Å². The Morgan fingerprint density at radius 3 is 2.67 bits per heavy atom. The number of oxazole rings is 1. The highest BCUT2D eigenvalue weighted by Crippen LogP contribution is 2.28. The zero-order chi connectivity index (χ0) is 16.9. The second-order valence-electron chi connectivity index (χ2n) is 5.26. The Bertz CT molecular complexity index is 876. The first-order chi connectivity index (χ1) is 11.7. The molecule has 3 aromatic rings. The van der Waals surface area contributed by atoms with Gasteiger partial charge in [-0.3, -0.25) is 0 Å². The van der Waals surface area contributed by atoms with E-state index in [1.165, 1.54) is 0 Å². The minimum atomic E-state index is 0.223. The molecule has 0 saturated carbocycles. The van der Waals surface area contributed by atoms with Crippen molar-refractivity contribution in [2.75, 3.05) is 11.9 Å². The highest BCUT2D eigenvalue weighted by molar-refractivity contribution is 5.64. The van der Waals surface area contributed by atoms with E-state index in [-0.39, 0.29) is 5.69 Å². The summed E-state index contributed by atoms with van der Waals surface area (Å²) in [5.74, 6) is 1.54. The van der Waals surface area contributed by atoms with Crippen LogP contribution in [0.1, 0.15) is 18.2 Å². The van der Waals surface area contributed by atoms with Crippen molar-refractivity contribution in [1.82, 2.24) is 4.98 Å². The summed E-state index contributed by atoms with van der Waals surface area (Å²) < 4.78 is 11.2. The number of rotatable bonds is 5. The van der Waals surface area contributed by atoms with Crippen molar-refractivity contribution in [1.29, 1.82) is 5.26 Å². The molecule has 0 atom stereocenters. The third-order valence-corrected chi connectivity index (χ3v) is 3.42. The lowest BCUT2D eigenvalue weighted by molar-refractivity contribution is 0.340. The van der Waals surface area contributed by atoms with Crippen LogP contribution < -0.4 is 10.1 Å². The van der Waals surface area contributed by atoms with Gasteiger partial charge in [-0.25, -0.2) is 0 Å². The Morgan fingerprint density at radius 2 is 2.00 bits per heavy atom. The number of anilines is 2. The van der Waals surface area contributed by atoms with Gasteiger partial charge in [0.05, 0.1) is 6.61 Å². The van der Waals surface area contributed by atoms with Crippen LogP contribution in [0.5, 0.6) is 5.75 Å². The molecule has 0 amide bonds. The van der Waals surface area contributed by atoms with Gasteiger partial charge in [0, 0.05) is 11.3 Å². The molecule has 0 spiro atoms. The molecule has 5 heteroatoms. The molecular formula is C19H17N3O2. The van der Waals surface area contributed by atoms with Crippen LogP contribution in [0, 0.1) is 18.3 Å². The lowest BCUT2D eigenvalue weighted by Crippen LogP contribution is -1.93. The summed E-state index contributed by atoms with van der Waals surface area (Å²) in [4.78, 5) is 4.27. The Kier molecular flexibility index (Phi) is 4.48. The number of ether oxygens (including phenoxy) is 1. The number of benzene rings is 2. The van der Waals surface area contributed by atoms with Gasteiger partial charge >= 0.3 is 0 Å². The van der Waals surface area contributed by atoms with E-state index >= 15 is 0 Å². The maximum absolute atomic E-state index is 9.29. The monoisotopic (exact) mass is 319 g/mol. The van der Waals surface area contributed by atoms with Crippen molar-refractivity contribution in [2.24, 2.45) is 0 Å². The molecule has 1 heterocycles. The van der Waals surface area contributed by atoms with Crippen LogP contribution in [0.25, 0.3) is 11.5 Å². The first-order valence-corrected chi connectivity index (χ1v) is 7.67. The van der Waals surface area contributed by atoms with E-state index in [2.05, 4.69) is 16.4 Å². The Hall–Kier alpha value is -3.26. The molecule has 2 aromatic carbocycles. The molecule has 120 valence electrons. The Morgan fingerprint density at radius 1 is 1.21 bits per heavy atom. The van der Waals surface area contributed by atoms with E-state index in [0.29, 0.717) is 18.4 Å². The summed E-state index contributed by atoms with van der Waals surface area (Å²) in [6, 6.07) is 17.3. The summed E-state index contributed by atoms with van der Waals surface area (Å²) in [6.07, 6.45) is 0. The molecule has 5 nitrogen and oxygen atoms in total. The maximum atomic E-state index is 9.29. The number of hydrogen-bond acceptors (Lipinski definition) is 5. The number of nitriles is 1. The molecule has 0 aliphatic heterocycles. The molecule has 24 heavy (non-hydrogen) atoms. The summed E-state index contributed by atoms with van der Waals surface area (Å²) >= 11 is 0. The second kappa shape index (κ2) is 6.88. The second-order valence-corrected chi connectivity index (χ2v) is 5.26. The van der Waals surface area contributed by atoms with Gasteiger partial charge in [0.25, 0.3) is 0 Å². The number of hydrogen-bond donors (Lipinski definition) is 1. The van der Waals surface area contributed by atoms with Crippen molar-refractivity contribution >= 4 is 11.6 Å². The highest BCUT2D eigenvalue weighted by Gasteiger charge is 2.14. The van der Waals surface area contributed by atoms with E-state index in [1.807, 2.05) is 62.4 Å². The average molecular weight is 319 g/mol. The molecule has 0 aliphatic carbocycles. The number of nitrogens with one attached hydrogen (secondary N) is 1. The van der Waals surface area contributed by atoms with Crippen molar-refractivity contribution in [2.45, 2.75) is 13.8 Å². The molecule has 0 fully saturated rings. The highest BCUT2D eigenvalue weighted by atomic mass is 16.5. The topological polar surface area (TPSA) is 71.1 Å². The van der Waals surface area contributed by atoms with Crippen molar-refractivity contribution in [3.05, 3.63) is 59.8 Å². The van der Waals surface area contributed by atoms with Gasteiger partial charge in [-0.1, -0.05) is 17.7 Å². The fraction of sp³-hybridized carbons (Fsp3) is 0.158. The molecule has 3 rings (SSSR count). The molecular weight excluding hydrogens is 302 g/mol. The molecule has 0 radical (unpaired) electrons. The van der Waals surface area contributed by atoms with E-state index < -0.39 is 0 Å².